The van der Waals surface area contributed by atoms with Gasteiger partial charge in [-0.1, -0.05) is 41.4 Å². The molecule has 5 aromatic rings. The fourth-order valence-electron chi connectivity index (χ4n) is 4.64. The molecule has 1 aliphatic heterocycles. The van der Waals surface area contributed by atoms with Gasteiger partial charge in [0, 0.05) is 17.2 Å². The molecule has 6 nitrogen and oxygen atoms in total. The lowest BCUT2D eigenvalue weighted by molar-refractivity contribution is 0.161. The second-order valence-electron chi connectivity index (χ2n) is 9.48. The number of hydrogen-bond donors (Lipinski definition) is 0. The van der Waals surface area contributed by atoms with Crippen molar-refractivity contribution >= 4 is 51.2 Å². The third-order valence-corrected chi connectivity index (χ3v) is 6.83. The molecule has 0 atom stereocenters. The first-order chi connectivity index (χ1) is 18.0. The lowest BCUT2D eigenvalue weighted by Crippen LogP contribution is -2.28. The Morgan fingerprint density at radius 1 is 0.974 bits per heavy atom. The van der Waals surface area contributed by atoms with Crippen LogP contribution in [0, 0.1) is 18.8 Å². The van der Waals surface area contributed by atoms with Crippen molar-refractivity contribution in [2.75, 3.05) is 0 Å². The lowest BCUT2D eigenvalue weighted by atomic mass is 9.92. The predicted octanol–water partition coefficient (Wildman–Crippen LogP) is 7.37. The van der Waals surface area contributed by atoms with Crippen molar-refractivity contribution in [3.63, 3.8) is 0 Å². The van der Waals surface area contributed by atoms with E-state index in [2.05, 4.69) is 11.1 Å². The maximum Gasteiger partial charge on any atom is 0.345 e. The van der Waals surface area contributed by atoms with E-state index in [0.717, 1.165) is 0 Å². The van der Waals surface area contributed by atoms with E-state index in [9.17, 15) is 14.0 Å². The number of ether oxygens (including phenoxy) is 1. The van der Waals surface area contributed by atoms with Crippen LogP contribution in [0.2, 0.25) is 10.3 Å². The molecule has 1 aliphatic rings. The Labute approximate surface area is 224 Å². The zero-order valence-corrected chi connectivity index (χ0v) is 21.8. The summed E-state index contributed by atoms with van der Waals surface area (Å²) in [6.45, 7) is 5.42. The standard InChI is InChI=1S/C29H17Cl2FNO5/c1-13-9-20(34)23-24(36-13)16-7-8-29(2,3)38-25(16)22-17(12-21(35)37-26(22)23)14-5-4-6-15(10-14)18-11-19(32)28(31)33-27(18)30/h4-11H,1-3H3. The third kappa shape index (κ3) is 3.90. The molecular weight excluding hydrogens is 532 g/mol. The van der Waals surface area contributed by atoms with Crippen LogP contribution in [0.3, 0.4) is 0 Å². The molecule has 0 bridgehead atoms. The molecule has 2 aromatic carbocycles. The summed E-state index contributed by atoms with van der Waals surface area (Å²) in [5.41, 5.74) is 0.671. The number of rotatable bonds is 2. The van der Waals surface area contributed by atoms with Crippen molar-refractivity contribution in [3.8, 4) is 28.0 Å². The molecule has 3 aromatic heterocycles. The highest BCUT2D eigenvalue weighted by molar-refractivity contribution is 6.34. The molecule has 6 rings (SSSR count). The molecule has 38 heavy (non-hydrogen) atoms. The van der Waals surface area contributed by atoms with E-state index in [1.807, 2.05) is 26.0 Å². The highest BCUT2D eigenvalue weighted by Crippen LogP contribution is 2.46. The molecular formula is C29H17Cl2FNO5. The SMILES string of the molecule is Cc1cc(=O)c2c(o1)c1c(c3c(-c4cccc(-c5cc(F)c(Cl)nc5Cl)c4)[c]c(=O)oc32)OC(C)(C)C=C1. The smallest absolute Gasteiger partial charge is 0.345 e. The van der Waals surface area contributed by atoms with Gasteiger partial charge in [-0.05, 0) is 56.2 Å². The van der Waals surface area contributed by atoms with E-state index in [1.54, 1.807) is 31.2 Å². The highest BCUT2D eigenvalue weighted by atomic mass is 35.5. The Kier molecular flexibility index (Phi) is 5.49. The topological polar surface area (TPSA) is 82.5 Å². The van der Waals surface area contributed by atoms with Gasteiger partial charge in [0.25, 0.3) is 0 Å². The number of fused-ring (bicyclic) bond motifs is 6. The molecule has 0 fully saturated rings. The molecule has 0 aliphatic carbocycles. The lowest BCUT2D eigenvalue weighted by Gasteiger charge is -2.29. The molecule has 0 spiro atoms. The summed E-state index contributed by atoms with van der Waals surface area (Å²) in [4.78, 5) is 29.8. The van der Waals surface area contributed by atoms with Crippen molar-refractivity contribution in [1.82, 2.24) is 4.98 Å². The van der Waals surface area contributed by atoms with Crippen LogP contribution in [0.5, 0.6) is 5.75 Å². The van der Waals surface area contributed by atoms with Crippen molar-refractivity contribution in [2.45, 2.75) is 26.4 Å². The molecule has 4 heterocycles. The Balaban J connectivity index is 1.73. The zero-order chi connectivity index (χ0) is 26.9. The molecule has 0 amide bonds. The van der Waals surface area contributed by atoms with Gasteiger partial charge in [-0.3, -0.25) is 4.79 Å². The van der Waals surface area contributed by atoms with Gasteiger partial charge < -0.3 is 13.6 Å². The third-order valence-electron chi connectivity index (χ3n) is 6.28. The Morgan fingerprint density at radius 3 is 2.53 bits per heavy atom. The predicted molar refractivity (Wildman–Crippen MR) is 144 cm³/mol. The van der Waals surface area contributed by atoms with Gasteiger partial charge >= 0.3 is 5.63 Å². The maximum absolute atomic E-state index is 14.2. The largest absolute Gasteiger partial charge is 0.482 e. The van der Waals surface area contributed by atoms with Gasteiger partial charge in [0.2, 0.25) is 0 Å². The van der Waals surface area contributed by atoms with E-state index in [-0.39, 0.29) is 32.3 Å². The minimum atomic E-state index is -0.790. The molecule has 1 radical (unpaired) electrons. The molecule has 0 N–H and O–H groups in total. The molecule has 9 heteroatoms. The first-order valence-electron chi connectivity index (χ1n) is 11.5. The van der Waals surface area contributed by atoms with Gasteiger partial charge in [-0.25, -0.2) is 14.2 Å². The second-order valence-corrected chi connectivity index (χ2v) is 10.2. The van der Waals surface area contributed by atoms with E-state index >= 15 is 0 Å². The first kappa shape index (κ1) is 24.4. The van der Waals surface area contributed by atoms with Crippen molar-refractivity contribution in [3.05, 3.63) is 96.6 Å². The number of aromatic nitrogens is 1. The summed E-state index contributed by atoms with van der Waals surface area (Å²) in [5, 5.41) is 0.175. The second kappa shape index (κ2) is 8.55. The van der Waals surface area contributed by atoms with Crippen molar-refractivity contribution < 1.29 is 18.0 Å². The number of benzene rings is 2. The van der Waals surface area contributed by atoms with Crippen LogP contribution in [-0.2, 0) is 0 Å². The van der Waals surface area contributed by atoms with E-state index in [1.165, 1.54) is 12.1 Å². The number of halogens is 3. The van der Waals surface area contributed by atoms with E-state index in [0.29, 0.717) is 44.7 Å². The highest BCUT2D eigenvalue weighted by Gasteiger charge is 2.30. The summed E-state index contributed by atoms with van der Waals surface area (Å²) in [5.74, 6) is 0.0611. The van der Waals surface area contributed by atoms with Crippen LogP contribution in [0.4, 0.5) is 4.39 Å². The number of aryl methyl sites for hydroxylation is 1. The maximum atomic E-state index is 14.2. The number of pyridine rings is 1. The zero-order valence-electron chi connectivity index (χ0n) is 20.2. The van der Waals surface area contributed by atoms with Crippen LogP contribution >= 0.6 is 23.2 Å². The Hall–Kier alpha value is -3.94. The van der Waals surface area contributed by atoms with E-state index < -0.39 is 17.0 Å². The van der Waals surface area contributed by atoms with E-state index in [4.69, 9.17) is 36.8 Å². The van der Waals surface area contributed by atoms with Crippen LogP contribution in [0.1, 0.15) is 25.2 Å². The van der Waals surface area contributed by atoms with Crippen LogP contribution in [-0.4, -0.2) is 10.6 Å². The van der Waals surface area contributed by atoms with Gasteiger partial charge in [0.1, 0.15) is 27.7 Å². The summed E-state index contributed by atoms with van der Waals surface area (Å²) >= 11 is 12.0. The van der Waals surface area contributed by atoms with Crippen LogP contribution in [0.25, 0.3) is 50.3 Å². The van der Waals surface area contributed by atoms with Gasteiger partial charge in [-0.15, -0.1) is 0 Å². The summed E-state index contributed by atoms with van der Waals surface area (Å²) in [6.07, 6.45) is 3.69. The first-order valence-corrected chi connectivity index (χ1v) is 12.3. The normalized spacial score (nSPS) is 14.1. The van der Waals surface area contributed by atoms with Crippen LogP contribution in [0.15, 0.2) is 60.9 Å². The van der Waals surface area contributed by atoms with Crippen molar-refractivity contribution in [1.29, 1.82) is 0 Å². The average molecular weight is 549 g/mol. The fourth-order valence-corrected chi connectivity index (χ4v) is 5.07. The molecule has 0 saturated heterocycles. The Bertz CT molecular complexity index is 1970. The minimum absolute atomic E-state index is 0.0153. The number of hydrogen-bond acceptors (Lipinski definition) is 6. The summed E-state index contributed by atoms with van der Waals surface area (Å²) in [6, 6.07) is 12.2. The van der Waals surface area contributed by atoms with Crippen molar-refractivity contribution in [2.24, 2.45) is 0 Å². The fraction of sp³-hybridized carbons (Fsp3) is 0.138. The monoisotopic (exact) mass is 548 g/mol. The number of nitrogens with zero attached hydrogens (tertiary/aromatic N) is 1. The quantitative estimate of drug-likeness (QED) is 0.130. The van der Waals surface area contributed by atoms with Gasteiger partial charge in [0.15, 0.2) is 27.6 Å². The van der Waals surface area contributed by atoms with Gasteiger partial charge in [-0.2, -0.15) is 0 Å². The molecule has 0 unspecified atom stereocenters. The Morgan fingerprint density at radius 2 is 1.74 bits per heavy atom. The molecule has 0 saturated carbocycles. The molecule has 189 valence electrons. The van der Waals surface area contributed by atoms with Crippen LogP contribution < -0.4 is 15.8 Å². The minimum Gasteiger partial charge on any atom is -0.482 e. The average Bonchev–Trinajstić information content (AvgIpc) is 2.84. The van der Waals surface area contributed by atoms with Gasteiger partial charge in [0.05, 0.1) is 17.0 Å². The summed E-state index contributed by atoms with van der Waals surface area (Å²) in [7, 11) is 0. The summed E-state index contributed by atoms with van der Waals surface area (Å²) < 4.78 is 32.1.